The zero-order valence-corrected chi connectivity index (χ0v) is 19.6. The fourth-order valence-corrected chi connectivity index (χ4v) is 2.90. The van der Waals surface area contributed by atoms with Crippen molar-refractivity contribution in [1.82, 2.24) is 16.0 Å². The summed E-state index contributed by atoms with van der Waals surface area (Å²) >= 11 is 0. The maximum absolute atomic E-state index is 13.0. The molecular formula is C21H40N4O6. The molecule has 0 bridgehead atoms. The molecule has 180 valence electrons. The summed E-state index contributed by atoms with van der Waals surface area (Å²) in [7, 11) is 0. The zero-order chi connectivity index (χ0) is 24.5. The van der Waals surface area contributed by atoms with Crippen LogP contribution in [0.1, 0.15) is 61.3 Å². The van der Waals surface area contributed by atoms with Crippen LogP contribution in [0.5, 0.6) is 0 Å². The highest BCUT2D eigenvalue weighted by Gasteiger charge is 2.34. The molecule has 0 radical (unpaired) electrons. The average molecular weight is 445 g/mol. The van der Waals surface area contributed by atoms with E-state index in [1.807, 2.05) is 20.8 Å². The SMILES string of the molecule is CCC(C)C(NC(=O)C(N)C(C)O)C(=O)NC(C(=O)NC(CC(C)C)C(=O)O)C(C)C. The lowest BCUT2D eigenvalue weighted by molar-refractivity contribution is -0.143. The van der Waals surface area contributed by atoms with E-state index in [4.69, 9.17) is 5.73 Å². The Morgan fingerprint density at radius 3 is 1.71 bits per heavy atom. The minimum atomic E-state index is -1.20. The number of hydrogen-bond donors (Lipinski definition) is 6. The van der Waals surface area contributed by atoms with Crippen molar-refractivity contribution in [2.24, 2.45) is 23.5 Å². The first kappa shape index (κ1) is 28.8. The molecule has 0 aromatic rings. The molecule has 10 heteroatoms. The lowest BCUT2D eigenvalue weighted by Crippen LogP contribution is -2.60. The van der Waals surface area contributed by atoms with Crippen LogP contribution in [-0.2, 0) is 19.2 Å². The molecule has 0 fully saturated rings. The Kier molecular flexibility index (Phi) is 12.3. The van der Waals surface area contributed by atoms with Crippen molar-refractivity contribution in [3.63, 3.8) is 0 Å². The number of aliphatic hydroxyl groups excluding tert-OH is 1. The second kappa shape index (κ2) is 13.3. The molecule has 0 aromatic carbocycles. The summed E-state index contributed by atoms with van der Waals surface area (Å²) < 4.78 is 0. The first-order valence-electron chi connectivity index (χ1n) is 10.8. The van der Waals surface area contributed by atoms with Crippen LogP contribution in [0.25, 0.3) is 0 Å². The van der Waals surface area contributed by atoms with E-state index < -0.39 is 54.0 Å². The van der Waals surface area contributed by atoms with E-state index in [0.29, 0.717) is 6.42 Å². The number of nitrogens with two attached hydrogens (primary N) is 1. The van der Waals surface area contributed by atoms with Gasteiger partial charge in [0.2, 0.25) is 17.7 Å². The van der Waals surface area contributed by atoms with E-state index >= 15 is 0 Å². The maximum atomic E-state index is 13.0. The Morgan fingerprint density at radius 2 is 1.32 bits per heavy atom. The first-order valence-corrected chi connectivity index (χ1v) is 10.8. The molecule has 0 aliphatic heterocycles. The molecule has 0 rings (SSSR count). The summed E-state index contributed by atoms with van der Waals surface area (Å²) in [5.41, 5.74) is 5.66. The molecule has 0 spiro atoms. The standard InChI is InChI=1S/C21H40N4O6/c1-8-12(6)17(25-18(27)15(22)13(7)26)20(29)24-16(11(4)5)19(28)23-14(21(30)31)9-10(2)3/h10-17,26H,8-9,22H2,1-7H3,(H,23,28)(H,24,29)(H,25,27)(H,30,31). The van der Waals surface area contributed by atoms with E-state index in [9.17, 15) is 29.4 Å². The van der Waals surface area contributed by atoms with Gasteiger partial charge in [0, 0.05) is 0 Å². The zero-order valence-electron chi connectivity index (χ0n) is 19.6. The maximum Gasteiger partial charge on any atom is 0.326 e. The number of rotatable bonds is 13. The normalized spacial score (nSPS) is 17.3. The van der Waals surface area contributed by atoms with E-state index in [2.05, 4.69) is 16.0 Å². The van der Waals surface area contributed by atoms with E-state index in [-0.39, 0.29) is 24.2 Å². The van der Waals surface area contributed by atoms with Crippen LogP contribution in [-0.4, -0.2) is 64.2 Å². The highest BCUT2D eigenvalue weighted by atomic mass is 16.4. The highest BCUT2D eigenvalue weighted by Crippen LogP contribution is 2.12. The van der Waals surface area contributed by atoms with Crippen molar-refractivity contribution in [3.05, 3.63) is 0 Å². The Labute approximate surface area is 184 Å². The molecule has 7 N–H and O–H groups in total. The molecule has 10 nitrogen and oxygen atoms in total. The van der Waals surface area contributed by atoms with Gasteiger partial charge < -0.3 is 31.9 Å². The Bertz CT molecular complexity index is 623. The molecule has 0 aliphatic rings. The Morgan fingerprint density at radius 1 is 0.839 bits per heavy atom. The summed E-state index contributed by atoms with van der Waals surface area (Å²) in [6.07, 6.45) is -0.275. The number of carboxylic acids is 1. The van der Waals surface area contributed by atoms with Crippen molar-refractivity contribution >= 4 is 23.7 Å². The van der Waals surface area contributed by atoms with Crippen molar-refractivity contribution in [3.8, 4) is 0 Å². The quantitative estimate of drug-likeness (QED) is 0.232. The number of aliphatic hydroxyl groups is 1. The van der Waals surface area contributed by atoms with Crippen molar-refractivity contribution in [1.29, 1.82) is 0 Å². The van der Waals surface area contributed by atoms with E-state index in [0.717, 1.165) is 0 Å². The van der Waals surface area contributed by atoms with Gasteiger partial charge in [-0.15, -0.1) is 0 Å². The number of carbonyl (C=O) groups is 4. The largest absolute Gasteiger partial charge is 0.480 e. The van der Waals surface area contributed by atoms with Gasteiger partial charge in [0.05, 0.1) is 6.10 Å². The van der Waals surface area contributed by atoms with Crippen LogP contribution in [0.2, 0.25) is 0 Å². The summed E-state index contributed by atoms with van der Waals surface area (Å²) in [5.74, 6) is -3.55. The van der Waals surface area contributed by atoms with Crippen LogP contribution >= 0.6 is 0 Å². The number of carbonyl (C=O) groups excluding carboxylic acids is 3. The lowest BCUT2D eigenvalue weighted by atomic mass is 9.95. The minimum absolute atomic E-state index is 0.0524. The van der Waals surface area contributed by atoms with Crippen molar-refractivity contribution < 1.29 is 29.4 Å². The van der Waals surface area contributed by atoms with Gasteiger partial charge in [-0.3, -0.25) is 14.4 Å². The van der Waals surface area contributed by atoms with E-state index in [1.165, 1.54) is 6.92 Å². The smallest absolute Gasteiger partial charge is 0.326 e. The fourth-order valence-electron chi connectivity index (χ4n) is 2.90. The molecule has 0 saturated carbocycles. The Balaban J connectivity index is 5.49. The predicted octanol–water partition coefficient (Wildman–Crippen LogP) is -0.0183. The monoisotopic (exact) mass is 444 g/mol. The summed E-state index contributed by atoms with van der Waals surface area (Å²) in [4.78, 5) is 49.5. The number of carboxylic acid groups (broad SMARTS) is 1. The van der Waals surface area contributed by atoms with E-state index in [1.54, 1.807) is 20.8 Å². The van der Waals surface area contributed by atoms with Crippen LogP contribution in [0.4, 0.5) is 0 Å². The molecular weight excluding hydrogens is 404 g/mol. The van der Waals surface area contributed by atoms with Crippen LogP contribution in [0, 0.1) is 17.8 Å². The van der Waals surface area contributed by atoms with Gasteiger partial charge in [-0.1, -0.05) is 48.0 Å². The minimum Gasteiger partial charge on any atom is -0.480 e. The van der Waals surface area contributed by atoms with Crippen LogP contribution in [0.15, 0.2) is 0 Å². The second-order valence-electron chi connectivity index (χ2n) is 8.90. The summed E-state index contributed by atoms with van der Waals surface area (Å²) in [6.45, 7) is 12.1. The molecule has 0 aliphatic carbocycles. The molecule has 0 aromatic heterocycles. The number of hydrogen-bond acceptors (Lipinski definition) is 6. The van der Waals surface area contributed by atoms with Crippen molar-refractivity contribution in [2.45, 2.75) is 91.6 Å². The van der Waals surface area contributed by atoms with Crippen molar-refractivity contribution in [2.75, 3.05) is 0 Å². The fraction of sp³-hybridized carbons (Fsp3) is 0.810. The third kappa shape index (κ3) is 9.65. The molecule has 0 heterocycles. The Hall–Kier alpha value is -2.20. The summed E-state index contributed by atoms with van der Waals surface area (Å²) in [5, 5.41) is 26.6. The van der Waals surface area contributed by atoms with Gasteiger partial charge in [-0.25, -0.2) is 4.79 Å². The third-order valence-corrected chi connectivity index (χ3v) is 5.18. The lowest BCUT2D eigenvalue weighted by Gasteiger charge is -2.29. The third-order valence-electron chi connectivity index (χ3n) is 5.18. The van der Waals surface area contributed by atoms with Gasteiger partial charge in [0.1, 0.15) is 24.2 Å². The molecule has 3 amide bonds. The molecule has 31 heavy (non-hydrogen) atoms. The number of nitrogens with one attached hydrogen (secondary N) is 3. The van der Waals surface area contributed by atoms with Gasteiger partial charge in [-0.05, 0) is 31.1 Å². The van der Waals surface area contributed by atoms with Crippen LogP contribution < -0.4 is 21.7 Å². The topological polar surface area (TPSA) is 171 Å². The number of amides is 3. The first-order chi connectivity index (χ1) is 14.2. The predicted molar refractivity (Wildman–Crippen MR) is 117 cm³/mol. The highest BCUT2D eigenvalue weighted by molar-refractivity contribution is 5.94. The second-order valence-corrected chi connectivity index (χ2v) is 8.90. The number of aliphatic carboxylic acids is 1. The molecule has 6 atom stereocenters. The van der Waals surface area contributed by atoms with Gasteiger partial charge >= 0.3 is 5.97 Å². The van der Waals surface area contributed by atoms with Gasteiger partial charge in [0.15, 0.2) is 0 Å². The van der Waals surface area contributed by atoms with Crippen LogP contribution in [0.3, 0.4) is 0 Å². The van der Waals surface area contributed by atoms with Gasteiger partial charge in [-0.2, -0.15) is 0 Å². The van der Waals surface area contributed by atoms with Gasteiger partial charge in [0.25, 0.3) is 0 Å². The summed E-state index contributed by atoms with van der Waals surface area (Å²) in [6, 6.07) is -4.23. The molecule has 6 unspecified atom stereocenters. The molecule has 0 saturated heterocycles. The average Bonchev–Trinajstić information content (AvgIpc) is 2.66.